The fraction of sp³-hybridized carbons (Fsp3) is 0.464. The van der Waals surface area contributed by atoms with Crippen LogP contribution >= 0.6 is 23.2 Å². The summed E-state index contributed by atoms with van der Waals surface area (Å²) in [5, 5.41) is 13.7. The van der Waals surface area contributed by atoms with Crippen molar-refractivity contribution in [3.05, 3.63) is 52.7 Å². The predicted octanol–water partition coefficient (Wildman–Crippen LogP) is 6.34. The standard InChI is InChI=1S/C28H34Cl2N8O6/c1-27(2,3)43-25(39)35-18(24-37-34-15-42-24)8-7-11-41-19-10-9-17(29)20(30)16(19)12-38-14-33-21-22(31-13-32-23(21)38)36-26(40)44-28(4,5)6/h9-10,13-15,18H,7-8,11-12H2,1-6H3,(H,35,39)(H,31,32,36,40)/t18-/m1/s1. The Kier molecular flexibility index (Phi) is 10.1. The minimum Gasteiger partial charge on any atom is -0.493 e. The van der Waals surface area contributed by atoms with E-state index in [0.717, 1.165) is 0 Å². The first-order valence-electron chi connectivity index (χ1n) is 13.7. The van der Waals surface area contributed by atoms with Gasteiger partial charge in [0.15, 0.2) is 17.0 Å². The van der Waals surface area contributed by atoms with E-state index in [4.69, 9.17) is 41.8 Å². The van der Waals surface area contributed by atoms with Gasteiger partial charge in [0.25, 0.3) is 0 Å². The number of anilines is 1. The maximum atomic E-state index is 12.4. The van der Waals surface area contributed by atoms with Gasteiger partial charge in [-0.2, -0.15) is 0 Å². The molecule has 3 heterocycles. The zero-order valence-corrected chi connectivity index (χ0v) is 26.7. The van der Waals surface area contributed by atoms with Crippen molar-refractivity contribution in [2.75, 3.05) is 11.9 Å². The lowest BCUT2D eigenvalue weighted by molar-refractivity contribution is 0.0489. The number of aromatic nitrogens is 6. The summed E-state index contributed by atoms with van der Waals surface area (Å²) in [6.45, 7) is 11.1. The van der Waals surface area contributed by atoms with Crippen LogP contribution in [0.3, 0.4) is 0 Å². The minimum absolute atomic E-state index is 0.201. The largest absolute Gasteiger partial charge is 0.493 e. The van der Waals surface area contributed by atoms with E-state index in [1.165, 1.54) is 12.7 Å². The Morgan fingerprint density at radius 3 is 2.43 bits per heavy atom. The van der Waals surface area contributed by atoms with E-state index in [9.17, 15) is 9.59 Å². The first kappa shape index (κ1) is 32.7. The first-order chi connectivity index (χ1) is 20.7. The van der Waals surface area contributed by atoms with E-state index >= 15 is 0 Å². The monoisotopic (exact) mass is 648 g/mol. The second-order valence-electron chi connectivity index (χ2n) is 11.7. The number of halogens is 2. The molecule has 0 radical (unpaired) electrons. The molecule has 2 N–H and O–H groups in total. The molecule has 0 spiro atoms. The number of ether oxygens (including phenoxy) is 3. The first-order valence-corrected chi connectivity index (χ1v) is 14.5. The van der Waals surface area contributed by atoms with Crippen molar-refractivity contribution in [3.8, 4) is 5.75 Å². The van der Waals surface area contributed by atoms with Crippen LogP contribution in [0.2, 0.25) is 10.0 Å². The molecule has 0 fully saturated rings. The zero-order chi connectivity index (χ0) is 32.1. The summed E-state index contributed by atoms with van der Waals surface area (Å²) in [7, 11) is 0. The third-order valence-electron chi connectivity index (χ3n) is 5.76. The molecule has 0 saturated carbocycles. The van der Waals surface area contributed by atoms with E-state index in [0.29, 0.717) is 45.4 Å². The number of benzene rings is 1. The maximum absolute atomic E-state index is 12.4. The fourth-order valence-electron chi connectivity index (χ4n) is 4.03. The van der Waals surface area contributed by atoms with Crippen LogP contribution in [0, 0.1) is 0 Å². The van der Waals surface area contributed by atoms with Crippen LogP contribution in [-0.4, -0.2) is 59.7 Å². The summed E-state index contributed by atoms with van der Waals surface area (Å²) in [6, 6.07) is 2.79. The van der Waals surface area contributed by atoms with Crippen molar-refractivity contribution in [2.24, 2.45) is 0 Å². The molecule has 0 aliphatic rings. The number of rotatable bonds is 10. The number of hydrogen-bond donors (Lipinski definition) is 2. The van der Waals surface area contributed by atoms with Crippen molar-refractivity contribution in [2.45, 2.75) is 78.2 Å². The summed E-state index contributed by atoms with van der Waals surface area (Å²) >= 11 is 13.0. The lowest BCUT2D eigenvalue weighted by Crippen LogP contribution is -2.35. The number of nitrogens with one attached hydrogen (secondary N) is 2. The molecule has 0 unspecified atom stereocenters. The van der Waals surface area contributed by atoms with Gasteiger partial charge in [-0.25, -0.2) is 24.5 Å². The second-order valence-corrected chi connectivity index (χ2v) is 12.5. The molecule has 14 nitrogen and oxygen atoms in total. The Hall–Kier alpha value is -4.17. The van der Waals surface area contributed by atoms with E-state index in [-0.39, 0.29) is 24.9 Å². The van der Waals surface area contributed by atoms with Gasteiger partial charge in [0.1, 0.15) is 29.3 Å². The average molecular weight is 650 g/mol. The Morgan fingerprint density at radius 2 is 1.75 bits per heavy atom. The van der Waals surface area contributed by atoms with Crippen LogP contribution in [0.1, 0.15) is 71.9 Å². The molecule has 0 aliphatic carbocycles. The Labute approximate surface area is 263 Å². The number of amides is 2. The van der Waals surface area contributed by atoms with Gasteiger partial charge >= 0.3 is 12.2 Å². The molecule has 1 atom stereocenters. The van der Waals surface area contributed by atoms with Crippen molar-refractivity contribution in [1.82, 2.24) is 35.0 Å². The van der Waals surface area contributed by atoms with Gasteiger partial charge in [-0.15, -0.1) is 10.2 Å². The van der Waals surface area contributed by atoms with Crippen LogP contribution in [-0.2, 0) is 16.0 Å². The van der Waals surface area contributed by atoms with Gasteiger partial charge in [0.05, 0.1) is 29.5 Å². The molecule has 0 bridgehead atoms. The van der Waals surface area contributed by atoms with Crippen molar-refractivity contribution in [1.29, 1.82) is 0 Å². The summed E-state index contributed by atoms with van der Waals surface area (Å²) < 4.78 is 23.9. The average Bonchev–Trinajstić information content (AvgIpc) is 3.59. The molecular weight excluding hydrogens is 615 g/mol. The van der Waals surface area contributed by atoms with Crippen LogP contribution in [0.25, 0.3) is 11.2 Å². The predicted molar refractivity (Wildman–Crippen MR) is 162 cm³/mol. The van der Waals surface area contributed by atoms with Crippen LogP contribution in [0.5, 0.6) is 5.75 Å². The van der Waals surface area contributed by atoms with E-state index < -0.39 is 29.4 Å². The summed E-state index contributed by atoms with van der Waals surface area (Å²) in [4.78, 5) is 37.6. The molecule has 2 amide bonds. The normalized spacial score (nSPS) is 12.5. The number of carbonyl (C=O) groups excluding carboxylic acids is 2. The quantitative estimate of drug-likeness (QED) is 0.184. The van der Waals surface area contributed by atoms with Crippen LogP contribution in [0.15, 0.2) is 35.6 Å². The topological polar surface area (TPSA) is 168 Å². The van der Waals surface area contributed by atoms with E-state index in [1.807, 2.05) is 0 Å². The third-order valence-corrected chi connectivity index (χ3v) is 6.61. The summed E-state index contributed by atoms with van der Waals surface area (Å²) in [6.07, 6.45) is 3.72. The zero-order valence-electron chi connectivity index (χ0n) is 25.2. The molecule has 0 saturated heterocycles. The SMILES string of the molecule is CC(C)(C)OC(=O)Nc1ncnc2c1ncn2Cc1c(OCCC[C@@H](NC(=O)OC(C)(C)C)c2nnco2)ccc(Cl)c1Cl. The number of fused-ring (bicyclic) bond motifs is 1. The van der Waals surface area contributed by atoms with E-state index in [2.05, 4.69) is 35.8 Å². The number of imidazole rings is 1. The van der Waals surface area contributed by atoms with Crippen LogP contribution < -0.4 is 15.4 Å². The number of nitrogens with zero attached hydrogens (tertiary/aromatic N) is 6. The summed E-state index contributed by atoms with van der Waals surface area (Å²) in [5.74, 6) is 0.949. The molecule has 16 heteroatoms. The molecule has 1 aromatic carbocycles. The molecule has 236 valence electrons. The number of hydrogen-bond acceptors (Lipinski definition) is 11. The summed E-state index contributed by atoms with van der Waals surface area (Å²) in [5.41, 5.74) is 0.0587. The highest BCUT2D eigenvalue weighted by atomic mass is 35.5. The van der Waals surface area contributed by atoms with Gasteiger partial charge in [0.2, 0.25) is 12.3 Å². The van der Waals surface area contributed by atoms with Crippen molar-refractivity contribution < 1.29 is 28.2 Å². The molecule has 4 aromatic rings. The third kappa shape index (κ3) is 8.92. The number of carbonyl (C=O) groups is 2. The van der Waals surface area contributed by atoms with E-state index in [1.54, 1.807) is 64.6 Å². The Balaban J connectivity index is 1.46. The number of alkyl carbamates (subject to hydrolysis) is 1. The fourth-order valence-corrected chi connectivity index (χ4v) is 4.42. The lowest BCUT2D eigenvalue weighted by atomic mass is 10.1. The van der Waals surface area contributed by atoms with Crippen molar-refractivity contribution >= 4 is 52.4 Å². The van der Waals surface area contributed by atoms with Gasteiger partial charge in [0, 0.05) is 5.56 Å². The minimum atomic E-state index is -0.683. The van der Waals surface area contributed by atoms with Gasteiger partial charge in [-0.05, 0) is 66.5 Å². The molecule has 0 aliphatic heterocycles. The highest BCUT2D eigenvalue weighted by Crippen LogP contribution is 2.35. The lowest BCUT2D eigenvalue weighted by Gasteiger charge is -2.22. The van der Waals surface area contributed by atoms with Crippen LogP contribution in [0.4, 0.5) is 15.4 Å². The second kappa shape index (κ2) is 13.6. The Morgan fingerprint density at radius 1 is 1.02 bits per heavy atom. The highest BCUT2D eigenvalue weighted by Gasteiger charge is 2.24. The smallest absolute Gasteiger partial charge is 0.413 e. The molecule has 3 aromatic heterocycles. The van der Waals surface area contributed by atoms with Gasteiger partial charge in [-0.3, -0.25) is 5.32 Å². The van der Waals surface area contributed by atoms with Gasteiger partial charge in [-0.1, -0.05) is 23.2 Å². The van der Waals surface area contributed by atoms with Crippen molar-refractivity contribution in [3.63, 3.8) is 0 Å². The molecule has 44 heavy (non-hydrogen) atoms. The Bertz CT molecular complexity index is 1600. The van der Waals surface area contributed by atoms with Gasteiger partial charge < -0.3 is 28.5 Å². The molecular formula is C28H34Cl2N8O6. The maximum Gasteiger partial charge on any atom is 0.413 e. The highest BCUT2D eigenvalue weighted by molar-refractivity contribution is 6.42. The molecule has 4 rings (SSSR count).